The number of methoxy groups -OCH3 is 1. The zero-order valence-corrected chi connectivity index (χ0v) is 23.5. The first-order valence-electron chi connectivity index (χ1n) is 12.6. The molecule has 3 aromatic rings. The number of nitrogens with zero attached hydrogens (tertiary/aromatic N) is 2. The van der Waals surface area contributed by atoms with Gasteiger partial charge >= 0.3 is 11.9 Å². The molecule has 0 spiro atoms. The zero-order valence-electron chi connectivity index (χ0n) is 22.7. The van der Waals surface area contributed by atoms with Crippen molar-refractivity contribution in [1.29, 1.82) is 0 Å². The van der Waals surface area contributed by atoms with Crippen LogP contribution in [0.25, 0.3) is 5.76 Å². The van der Waals surface area contributed by atoms with Crippen LogP contribution in [0.3, 0.4) is 0 Å². The van der Waals surface area contributed by atoms with Crippen LogP contribution in [0, 0.1) is 12.8 Å². The molecule has 0 bridgehead atoms. The molecule has 1 saturated heterocycles. The largest absolute Gasteiger partial charge is 0.507 e. The molecule has 1 aliphatic heterocycles. The number of rotatable bonds is 10. The number of esters is 1. The van der Waals surface area contributed by atoms with E-state index in [-0.39, 0.29) is 27.9 Å². The van der Waals surface area contributed by atoms with Crippen molar-refractivity contribution < 1.29 is 33.7 Å². The van der Waals surface area contributed by atoms with E-state index in [0.29, 0.717) is 40.8 Å². The molecule has 1 atom stereocenters. The molecule has 0 saturated carbocycles. The van der Waals surface area contributed by atoms with Crippen molar-refractivity contribution in [1.82, 2.24) is 4.98 Å². The summed E-state index contributed by atoms with van der Waals surface area (Å²) < 4.78 is 16.4. The number of aromatic nitrogens is 1. The molecule has 10 heteroatoms. The lowest BCUT2D eigenvalue weighted by Crippen LogP contribution is -2.29. The molecule has 1 unspecified atom stereocenters. The van der Waals surface area contributed by atoms with E-state index in [9.17, 15) is 19.5 Å². The van der Waals surface area contributed by atoms with Crippen LogP contribution in [0.5, 0.6) is 11.5 Å². The third-order valence-corrected chi connectivity index (χ3v) is 7.23. The van der Waals surface area contributed by atoms with E-state index in [0.717, 1.165) is 11.3 Å². The van der Waals surface area contributed by atoms with E-state index >= 15 is 0 Å². The molecule has 0 aliphatic carbocycles. The lowest BCUT2D eigenvalue weighted by atomic mass is 9.94. The summed E-state index contributed by atoms with van der Waals surface area (Å²) in [5.74, 6) is -1.41. The molecular weight excluding hydrogens is 532 g/mol. The lowest BCUT2D eigenvalue weighted by Gasteiger charge is -2.24. The number of aryl methyl sites for hydroxylation is 1. The van der Waals surface area contributed by atoms with Gasteiger partial charge in [-0.3, -0.25) is 14.5 Å². The maximum absolute atomic E-state index is 13.5. The predicted molar refractivity (Wildman–Crippen MR) is 152 cm³/mol. The Labute approximate surface area is 236 Å². The van der Waals surface area contributed by atoms with Gasteiger partial charge in [-0.25, -0.2) is 9.78 Å². The molecule has 2 heterocycles. The fraction of sp³-hybridized carbons (Fsp3) is 0.267. The number of ether oxygens (including phenoxy) is 3. The Morgan fingerprint density at radius 2 is 1.88 bits per heavy atom. The standard InChI is InChI=1S/C30H30N2O7S/c1-6-15-38-29(36)27-18(4)31-30(40-27)32-24(21-9-7-8-10-22(21)37-5)23(26(34)28(32)35)25(33)19-11-13-20(14-12-19)39-16-17(2)3/h6-14,17,24,33H,1,15-16H2,2-5H3/b25-23+. The third-order valence-electron chi connectivity index (χ3n) is 6.10. The normalized spacial score (nSPS) is 16.3. The predicted octanol–water partition coefficient (Wildman–Crippen LogP) is 5.46. The third kappa shape index (κ3) is 5.62. The molecule has 1 N–H and O–H groups in total. The van der Waals surface area contributed by atoms with Gasteiger partial charge in [0.05, 0.1) is 25.0 Å². The van der Waals surface area contributed by atoms with Gasteiger partial charge in [-0.1, -0.05) is 56.0 Å². The van der Waals surface area contributed by atoms with Gasteiger partial charge in [-0.2, -0.15) is 0 Å². The second-order valence-corrected chi connectivity index (χ2v) is 10.4. The lowest BCUT2D eigenvalue weighted by molar-refractivity contribution is -0.132. The number of amides is 1. The monoisotopic (exact) mass is 562 g/mol. The van der Waals surface area contributed by atoms with Crippen LogP contribution < -0.4 is 14.4 Å². The van der Waals surface area contributed by atoms with Gasteiger partial charge in [-0.15, -0.1) is 0 Å². The molecule has 208 valence electrons. The Morgan fingerprint density at radius 1 is 1.18 bits per heavy atom. The van der Waals surface area contributed by atoms with Crippen molar-refractivity contribution in [2.75, 3.05) is 25.2 Å². The van der Waals surface area contributed by atoms with Gasteiger partial charge < -0.3 is 19.3 Å². The number of hydrogen-bond donors (Lipinski definition) is 1. The van der Waals surface area contributed by atoms with Gasteiger partial charge in [-0.05, 0) is 43.2 Å². The Balaban J connectivity index is 1.84. The minimum absolute atomic E-state index is 0.0124. The van der Waals surface area contributed by atoms with Crippen LogP contribution in [0.4, 0.5) is 5.13 Å². The maximum Gasteiger partial charge on any atom is 0.350 e. The van der Waals surface area contributed by atoms with Crippen molar-refractivity contribution in [2.45, 2.75) is 26.8 Å². The van der Waals surface area contributed by atoms with Gasteiger partial charge in [0.2, 0.25) is 0 Å². The summed E-state index contributed by atoms with van der Waals surface area (Å²) in [6.45, 7) is 9.76. The molecule has 9 nitrogen and oxygen atoms in total. The summed E-state index contributed by atoms with van der Waals surface area (Å²) >= 11 is 0.924. The second kappa shape index (κ2) is 12.2. The van der Waals surface area contributed by atoms with Crippen LogP contribution in [-0.4, -0.2) is 48.1 Å². The highest BCUT2D eigenvalue weighted by Crippen LogP contribution is 2.46. The number of aliphatic hydroxyl groups is 1. The fourth-order valence-corrected chi connectivity index (χ4v) is 5.21. The molecule has 1 aliphatic rings. The summed E-state index contributed by atoms with van der Waals surface area (Å²) in [6, 6.07) is 12.5. The first kappa shape index (κ1) is 28.6. The van der Waals surface area contributed by atoms with E-state index in [1.807, 2.05) is 13.8 Å². The minimum atomic E-state index is -1.07. The molecular formula is C30H30N2O7S. The van der Waals surface area contributed by atoms with Crippen molar-refractivity contribution >= 4 is 39.9 Å². The Bertz CT molecular complexity index is 1470. The van der Waals surface area contributed by atoms with Crippen LogP contribution in [0.2, 0.25) is 0 Å². The smallest absolute Gasteiger partial charge is 0.350 e. The second-order valence-electron chi connectivity index (χ2n) is 9.44. The van der Waals surface area contributed by atoms with Crippen LogP contribution in [0.15, 0.2) is 66.8 Å². The quantitative estimate of drug-likeness (QED) is 0.114. The van der Waals surface area contributed by atoms with Crippen molar-refractivity contribution in [3.63, 3.8) is 0 Å². The molecule has 0 radical (unpaired) electrons. The van der Waals surface area contributed by atoms with Crippen molar-refractivity contribution in [3.05, 3.63) is 88.5 Å². The van der Waals surface area contributed by atoms with Crippen LogP contribution >= 0.6 is 11.3 Å². The number of benzene rings is 2. The molecule has 4 rings (SSSR count). The van der Waals surface area contributed by atoms with E-state index in [1.54, 1.807) is 55.5 Å². The topological polar surface area (TPSA) is 115 Å². The fourth-order valence-electron chi connectivity index (χ4n) is 4.22. The number of thiazole rings is 1. The summed E-state index contributed by atoms with van der Waals surface area (Å²) in [5.41, 5.74) is 1.01. The Hall–Kier alpha value is -4.44. The number of Topliss-reactive ketones (excluding diaryl/α,β-unsaturated/α-hetero) is 1. The summed E-state index contributed by atoms with van der Waals surface area (Å²) in [5, 5.41) is 11.5. The maximum atomic E-state index is 13.5. The van der Waals surface area contributed by atoms with Crippen molar-refractivity contribution in [2.24, 2.45) is 5.92 Å². The Morgan fingerprint density at radius 3 is 2.52 bits per heavy atom. The number of carbonyl (C=O) groups is 3. The highest BCUT2D eigenvalue weighted by Gasteiger charge is 2.49. The van der Waals surface area contributed by atoms with Crippen molar-refractivity contribution in [3.8, 4) is 11.5 Å². The highest BCUT2D eigenvalue weighted by molar-refractivity contribution is 7.17. The van der Waals surface area contributed by atoms with Crippen LogP contribution in [-0.2, 0) is 14.3 Å². The van der Waals surface area contributed by atoms with Gasteiger partial charge in [0, 0.05) is 11.1 Å². The van der Waals surface area contributed by atoms with E-state index < -0.39 is 23.7 Å². The first-order valence-corrected chi connectivity index (χ1v) is 13.4. The highest BCUT2D eigenvalue weighted by atomic mass is 32.1. The summed E-state index contributed by atoms with van der Waals surface area (Å²) in [4.78, 5) is 45.4. The zero-order chi connectivity index (χ0) is 29.0. The number of ketones is 1. The number of anilines is 1. The van der Waals surface area contributed by atoms with E-state index in [2.05, 4.69) is 11.6 Å². The van der Waals surface area contributed by atoms with Crippen LogP contribution in [0.1, 0.15) is 46.4 Å². The first-order chi connectivity index (χ1) is 19.2. The number of aliphatic hydroxyl groups excluding tert-OH is 1. The SMILES string of the molecule is C=CCOC(=O)c1sc(N2C(=O)C(=O)/C(=C(/O)c3ccc(OCC(C)C)cc3)C2c2ccccc2OC)nc1C. The summed E-state index contributed by atoms with van der Waals surface area (Å²) in [7, 11) is 1.47. The van der Waals surface area contributed by atoms with Gasteiger partial charge in [0.1, 0.15) is 34.8 Å². The number of carbonyl (C=O) groups excluding carboxylic acids is 3. The molecule has 1 aromatic heterocycles. The molecule has 2 aromatic carbocycles. The van der Waals surface area contributed by atoms with Gasteiger partial charge in [0.15, 0.2) is 5.13 Å². The van der Waals surface area contributed by atoms with E-state index in [4.69, 9.17) is 14.2 Å². The average molecular weight is 563 g/mol. The molecule has 40 heavy (non-hydrogen) atoms. The molecule has 1 amide bonds. The minimum Gasteiger partial charge on any atom is -0.507 e. The van der Waals surface area contributed by atoms with E-state index in [1.165, 1.54) is 18.1 Å². The number of para-hydroxylation sites is 1. The molecule has 1 fully saturated rings. The number of hydrogen-bond acceptors (Lipinski definition) is 9. The summed E-state index contributed by atoms with van der Waals surface area (Å²) in [6.07, 6.45) is 1.44. The average Bonchev–Trinajstić information content (AvgIpc) is 3.46. The Kier molecular flexibility index (Phi) is 8.69. The van der Waals surface area contributed by atoms with Gasteiger partial charge in [0.25, 0.3) is 5.78 Å².